The number of aryl methyl sites for hydroxylation is 1. The Hall–Kier alpha value is -1.66. The number of halogens is 2. The summed E-state index contributed by atoms with van der Waals surface area (Å²) >= 11 is 5.75. The fraction of sp³-hybridized carbons (Fsp3) is 0.385. The second-order valence-electron chi connectivity index (χ2n) is 4.27. The van der Waals surface area contributed by atoms with Gasteiger partial charge in [0, 0.05) is 18.8 Å². The summed E-state index contributed by atoms with van der Waals surface area (Å²) in [4.78, 5) is 15.0. The van der Waals surface area contributed by atoms with Gasteiger partial charge in [-0.15, -0.1) is 11.6 Å². The number of hydrogen-bond donors (Lipinski definition) is 1. The smallest absolute Gasteiger partial charge is 0.243 e. The Morgan fingerprint density at radius 3 is 3.00 bits per heavy atom. The van der Waals surface area contributed by atoms with Crippen LogP contribution in [0.5, 0.6) is 0 Å². The predicted octanol–water partition coefficient (Wildman–Crippen LogP) is 1.46. The molecule has 0 radical (unpaired) electrons. The van der Waals surface area contributed by atoms with Crippen molar-refractivity contribution >= 4 is 28.5 Å². The molecule has 1 amide bonds. The van der Waals surface area contributed by atoms with E-state index in [0.717, 1.165) is 5.82 Å². The summed E-state index contributed by atoms with van der Waals surface area (Å²) in [6.07, 6.45) is 0.577. The Labute approximate surface area is 120 Å². The predicted molar refractivity (Wildman–Crippen MR) is 74.1 cm³/mol. The van der Waals surface area contributed by atoms with E-state index in [9.17, 15) is 9.18 Å². The molecular weight excluding hydrogens is 285 g/mol. The van der Waals surface area contributed by atoms with E-state index >= 15 is 0 Å². The van der Waals surface area contributed by atoms with Crippen LogP contribution in [0, 0.1) is 5.82 Å². The van der Waals surface area contributed by atoms with E-state index in [4.69, 9.17) is 22.1 Å². The number of carbonyl (C=O) groups excluding carboxylic acids is 1. The number of nitrogens with two attached hydrogens (primary N) is 1. The molecule has 2 rings (SSSR count). The summed E-state index contributed by atoms with van der Waals surface area (Å²) < 4.78 is 20.3. The van der Waals surface area contributed by atoms with Crippen molar-refractivity contribution in [3.05, 3.63) is 29.8 Å². The standard InChI is InChI=1S/C13H15ClFN3O2/c14-4-3-13-17-10-2-1-9(15)7-11(10)18(13)5-6-20-8-12(16)19/h1-2,7H,3-6,8H2,(H2,16,19). The number of amides is 1. The van der Waals surface area contributed by atoms with Crippen molar-refractivity contribution in [1.29, 1.82) is 0 Å². The molecule has 0 unspecified atom stereocenters. The SMILES string of the molecule is NC(=O)COCCn1c(CCCl)nc2ccc(F)cc21. The molecule has 0 aliphatic heterocycles. The van der Waals surface area contributed by atoms with Gasteiger partial charge in [-0.05, 0) is 18.2 Å². The molecule has 1 aromatic carbocycles. The van der Waals surface area contributed by atoms with Crippen LogP contribution in [-0.2, 0) is 22.5 Å². The van der Waals surface area contributed by atoms with Gasteiger partial charge in [0.05, 0.1) is 17.6 Å². The van der Waals surface area contributed by atoms with Crippen LogP contribution in [0.15, 0.2) is 18.2 Å². The number of ether oxygens (including phenoxy) is 1. The minimum atomic E-state index is -0.521. The molecule has 2 aromatic rings. The van der Waals surface area contributed by atoms with Gasteiger partial charge in [0.25, 0.3) is 0 Å². The molecule has 2 N–H and O–H groups in total. The maximum atomic E-state index is 13.3. The minimum Gasteiger partial charge on any atom is -0.370 e. The lowest BCUT2D eigenvalue weighted by atomic mass is 10.3. The monoisotopic (exact) mass is 299 g/mol. The van der Waals surface area contributed by atoms with Crippen LogP contribution >= 0.6 is 11.6 Å². The van der Waals surface area contributed by atoms with Gasteiger partial charge in [-0.3, -0.25) is 4.79 Å². The molecule has 1 heterocycles. The number of primary amides is 1. The van der Waals surface area contributed by atoms with Crippen LogP contribution in [0.4, 0.5) is 4.39 Å². The Kier molecular flexibility index (Phi) is 4.92. The van der Waals surface area contributed by atoms with Gasteiger partial charge in [-0.1, -0.05) is 0 Å². The second kappa shape index (κ2) is 6.67. The molecular formula is C13H15ClFN3O2. The number of nitrogens with zero attached hydrogens (tertiary/aromatic N) is 2. The zero-order valence-corrected chi connectivity index (χ0v) is 11.6. The molecule has 0 spiro atoms. The van der Waals surface area contributed by atoms with Crippen molar-refractivity contribution in [2.75, 3.05) is 19.1 Å². The first kappa shape index (κ1) is 14.7. The van der Waals surface area contributed by atoms with Crippen LogP contribution in [0.25, 0.3) is 11.0 Å². The van der Waals surface area contributed by atoms with E-state index in [0.29, 0.717) is 36.5 Å². The third kappa shape index (κ3) is 3.46. The fourth-order valence-corrected chi connectivity index (χ4v) is 2.17. The fourth-order valence-electron chi connectivity index (χ4n) is 2.00. The summed E-state index contributed by atoms with van der Waals surface area (Å²) in [7, 11) is 0. The lowest BCUT2D eigenvalue weighted by molar-refractivity contribution is -0.122. The molecule has 20 heavy (non-hydrogen) atoms. The van der Waals surface area contributed by atoms with Crippen molar-refractivity contribution in [2.45, 2.75) is 13.0 Å². The highest BCUT2D eigenvalue weighted by atomic mass is 35.5. The number of imidazole rings is 1. The summed E-state index contributed by atoms with van der Waals surface area (Å²) in [6.45, 7) is 0.617. The summed E-state index contributed by atoms with van der Waals surface area (Å²) in [6, 6.07) is 4.42. The summed E-state index contributed by atoms with van der Waals surface area (Å²) in [5.41, 5.74) is 6.39. The molecule has 0 saturated carbocycles. The third-order valence-corrected chi connectivity index (χ3v) is 3.00. The molecule has 0 fully saturated rings. The number of rotatable bonds is 7. The number of fused-ring (bicyclic) bond motifs is 1. The molecule has 108 valence electrons. The number of aromatic nitrogens is 2. The van der Waals surface area contributed by atoms with E-state index in [1.165, 1.54) is 12.1 Å². The highest BCUT2D eigenvalue weighted by Gasteiger charge is 2.11. The minimum absolute atomic E-state index is 0.133. The van der Waals surface area contributed by atoms with E-state index in [2.05, 4.69) is 4.98 Å². The van der Waals surface area contributed by atoms with E-state index in [1.54, 1.807) is 6.07 Å². The van der Waals surface area contributed by atoms with Crippen molar-refractivity contribution in [2.24, 2.45) is 5.73 Å². The maximum Gasteiger partial charge on any atom is 0.243 e. The first-order valence-corrected chi connectivity index (χ1v) is 6.72. The van der Waals surface area contributed by atoms with Gasteiger partial charge in [0.15, 0.2) is 0 Å². The van der Waals surface area contributed by atoms with Crippen LogP contribution in [0.1, 0.15) is 5.82 Å². The average Bonchev–Trinajstić information content (AvgIpc) is 2.72. The maximum absolute atomic E-state index is 13.3. The zero-order valence-electron chi connectivity index (χ0n) is 10.8. The van der Waals surface area contributed by atoms with Crippen molar-refractivity contribution in [3.63, 3.8) is 0 Å². The van der Waals surface area contributed by atoms with Gasteiger partial charge < -0.3 is 15.0 Å². The Morgan fingerprint density at radius 1 is 1.50 bits per heavy atom. The highest BCUT2D eigenvalue weighted by molar-refractivity contribution is 6.17. The van der Waals surface area contributed by atoms with Gasteiger partial charge in [-0.25, -0.2) is 9.37 Å². The van der Waals surface area contributed by atoms with E-state index in [-0.39, 0.29) is 12.4 Å². The number of alkyl halides is 1. The summed E-state index contributed by atoms with van der Waals surface area (Å²) in [5.74, 6) is 0.346. The quantitative estimate of drug-likeness (QED) is 0.621. The van der Waals surface area contributed by atoms with Crippen LogP contribution in [0.3, 0.4) is 0 Å². The Bertz CT molecular complexity index is 615. The molecule has 0 aliphatic rings. The van der Waals surface area contributed by atoms with E-state index in [1.807, 2.05) is 4.57 Å². The zero-order chi connectivity index (χ0) is 14.5. The van der Waals surface area contributed by atoms with Crippen molar-refractivity contribution in [3.8, 4) is 0 Å². The van der Waals surface area contributed by atoms with Gasteiger partial charge in [0.2, 0.25) is 5.91 Å². The first-order chi connectivity index (χ1) is 9.61. The lowest BCUT2D eigenvalue weighted by Gasteiger charge is -2.08. The average molecular weight is 300 g/mol. The van der Waals surface area contributed by atoms with Gasteiger partial charge in [0.1, 0.15) is 18.2 Å². The number of benzene rings is 1. The van der Waals surface area contributed by atoms with Crippen LogP contribution < -0.4 is 5.73 Å². The molecule has 0 aliphatic carbocycles. The highest BCUT2D eigenvalue weighted by Crippen LogP contribution is 2.18. The normalized spacial score (nSPS) is 11.1. The summed E-state index contributed by atoms with van der Waals surface area (Å²) in [5, 5.41) is 0. The van der Waals surface area contributed by atoms with Gasteiger partial charge >= 0.3 is 0 Å². The van der Waals surface area contributed by atoms with Crippen LogP contribution in [0.2, 0.25) is 0 Å². The Balaban J connectivity index is 2.21. The molecule has 0 saturated heterocycles. The topological polar surface area (TPSA) is 70.1 Å². The van der Waals surface area contributed by atoms with Crippen molar-refractivity contribution in [1.82, 2.24) is 9.55 Å². The van der Waals surface area contributed by atoms with Crippen LogP contribution in [-0.4, -0.2) is 34.6 Å². The number of hydrogen-bond acceptors (Lipinski definition) is 3. The largest absolute Gasteiger partial charge is 0.370 e. The third-order valence-electron chi connectivity index (χ3n) is 2.81. The molecule has 5 nitrogen and oxygen atoms in total. The number of carbonyl (C=O) groups is 1. The second-order valence-corrected chi connectivity index (χ2v) is 4.65. The first-order valence-electron chi connectivity index (χ1n) is 6.18. The molecule has 0 atom stereocenters. The van der Waals surface area contributed by atoms with Gasteiger partial charge in [-0.2, -0.15) is 0 Å². The lowest BCUT2D eigenvalue weighted by Crippen LogP contribution is -2.20. The molecule has 0 bridgehead atoms. The van der Waals surface area contributed by atoms with Crippen molar-refractivity contribution < 1.29 is 13.9 Å². The molecule has 1 aromatic heterocycles. The molecule has 7 heteroatoms. The van der Waals surface area contributed by atoms with E-state index < -0.39 is 5.91 Å². The Morgan fingerprint density at radius 2 is 2.30 bits per heavy atom.